The summed E-state index contributed by atoms with van der Waals surface area (Å²) < 4.78 is 6.04. The van der Waals surface area contributed by atoms with Gasteiger partial charge >= 0.3 is 6.03 Å². The van der Waals surface area contributed by atoms with E-state index in [-0.39, 0.29) is 23.7 Å². The first-order valence-electron chi connectivity index (χ1n) is 8.40. The number of fused-ring (bicyclic) bond motifs is 1. The normalized spacial score (nSPS) is 28.2. The summed E-state index contributed by atoms with van der Waals surface area (Å²) in [5.41, 5.74) is 1.02. The lowest BCUT2D eigenvalue weighted by Crippen LogP contribution is -2.50. The molecular weight excluding hydrogens is 290 g/mol. The number of benzene rings is 1. The molecule has 2 aliphatic rings. The molecular formula is C18H27N3O2. The molecule has 2 heterocycles. The van der Waals surface area contributed by atoms with Gasteiger partial charge in [0, 0.05) is 30.7 Å². The highest BCUT2D eigenvalue weighted by molar-refractivity contribution is 5.75. The van der Waals surface area contributed by atoms with E-state index in [1.54, 1.807) is 0 Å². The second-order valence-corrected chi connectivity index (χ2v) is 7.62. The van der Waals surface area contributed by atoms with E-state index in [1.807, 2.05) is 26.8 Å². The maximum atomic E-state index is 12.0. The molecule has 2 saturated heterocycles. The Kier molecular flexibility index (Phi) is 4.60. The summed E-state index contributed by atoms with van der Waals surface area (Å²) in [5.74, 6) is 0. The fourth-order valence-electron chi connectivity index (χ4n) is 3.41. The van der Waals surface area contributed by atoms with Gasteiger partial charge in [0.1, 0.15) is 0 Å². The molecule has 3 atom stereocenters. The van der Waals surface area contributed by atoms with Crippen molar-refractivity contribution in [1.82, 2.24) is 15.5 Å². The molecule has 2 N–H and O–H groups in total. The van der Waals surface area contributed by atoms with Gasteiger partial charge in [0.2, 0.25) is 0 Å². The van der Waals surface area contributed by atoms with Crippen molar-refractivity contribution < 1.29 is 9.53 Å². The molecule has 0 spiro atoms. The average molecular weight is 317 g/mol. The second kappa shape index (κ2) is 6.49. The number of hydrogen-bond acceptors (Lipinski definition) is 3. The van der Waals surface area contributed by atoms with Crippen LogP contribution in [0, 0.1) is 0 Å². The molecule has 1 aromatic carbocycles. The summed E-state index contributed by atoms with van der Waals surface area (Å²) in [6.45, 7) is 8.50. The van der Waals surface area contributed by atoms with Crippen LogP contribution in [0.4, 0.5) is 4.79 Å². The molecule has 2 aliphatic heterocycles. The van der Waals surface area contributed by atoms with E-state index < -0.39 is 0 Å². The quantitative estimate of drug-likeness (QED) is 0.880. The van der Waals surface area contributed by atoms with Gasteiger partial charge in [0.15, 0.2) is 0 Å². The minimum absolute atomic E-state index is 0.0807. The number of nitrogens with one attached hydrogen (secondary N) is 2. The Morgan fingerprint density at radius 3 is 2.65 bits per heavy atom. The van der Waals surface area contributed by atoms with Crippen LogP contribution in [0.1, 0.15) is 38.9 Å². The van der Waals surface area contributed by atoms with Gasteiger partial charge in [-0.2, -0.15) is 0 Å². The number of carbonyl (C=O) groups excluding carboxylic acids is 1. The summed E-state index contributed by atoms with van der Waals surface area (Å²) in [6, 6.07) is 10.9. The molecule has 2 fully saturated rings. The van der Waals surface area contributed by atoms with Crippen LogP contribution in [0.5, 0.6) is 0 Å². The van der Waals surface area contributed by atoms with Crippen molar-refractivity contribution in [3.8, 4) is 0 Å². The van der Waals surface area contributed by atoms with Gasteiger partial charge in [-0.05, 0) is 32.8 Å². The Balaban J connectivity index is 1.54. The summed E-state index contributed by atoms with van der Waals surface area (Å²) in [4.78, 5) is 14.5. The van der Waals surface area contributed by atoms with Crippen molar-refractivity contribution in [2.75, 3.05) is 19.7 Å². The highest BCUT2D eigenvalue weighted by atomic mass is 16.5. The van der Waals surface area contributed by atoms with E-state index in [0.717, 1.165) is 26.1 Å². The Bertz CT molecular complexity index is 541. The van der Waals surface area contributed by atoms with Crippen molar-refractivity contribution in [3.05, 3.63) is 35.9 Å². The van der Waals surface area contributed by atoms with Crippen LogP contribution in [0.15, 0.2) is 30.3 Å². The Labute approximate surface area is 138 Å². The number of urea groups is 1. The molecule has 3 rings (SSSR count). The molecule has 126 valence electrons. The molecule has 0 bridgehead atoms. The summed E-state index contributed by atoms with van der Waals surface area (Å²) in [7, 11) is 0. The zero-order chi connectivity index (χ0) is 16.4. The predicted octanol–water partition coefficient (Wildman–Crippen LogP) is 2.30. The number of amides is 2. The molecule has 0 aliphatic carbocycles. The monoisotopic (exact) mass is 317 g/mol. The number of ether oxygens (including phenoxy) is 1. The van der Waals surface area contributed by atoms with Gasteiger partial charge in [-0.1, -0.05) is 30.3 Å². The van der Waals surface area contributed by atoms with Gasteiger partial charge < -0.3 is 15.4 Å². The van der Waals surface area contributed by atoms with Crippen molar-refractivity contribution >= 4 is 6.03 Å². The van der Waals surface area contributed by atoms with Gasteiger partial charge in [-0.25, -0.2) is 4.79 Å². The fraction of sp³-hybridized carbons (Fsp3) is 0.611. The third-order valence-corrected chi connectivity index (χ3v) is 4.41. The minimum atomic E-state index is -0.211. The summed E-state index contributed by atoms with van der Waals surface area (Å²) in [5, 5.41) is 6.06. The second-order valence-electron chi connectivity index (χ2n) is 7.62. The van der Waals surface area contributed by atoms with Crippen LogP contribution in [0.25, 0.3) is 0 Å². The van der Waals surface area contributed by atoms with Gasteiger partial charge in [0.25, 0.3) is 0 Å². The van der Waals surface area contributed by atoms with Crippen molar-refractivity contribution in [2.24, 2.45) is 0 Å². The smallest absolute Gasteiger partial charge is 0.315 e. The van der Waals surface area contributed by atoms with Crippen LogP contribution >= 0.6 is 0 Å². The summed E-state index contributed by atoms with van der Waals surface area (Å²) in [6.07, 6.45) is 1.09. The van der Waals surface area contributed by atoms with E-state index in [0.29, 0.717) is 6.04 Å². The molecule has 23 heavy (non-hydrogen) atoms. The van der Waals surface area contributed by atoms with E-state index in [2.05, 4.69) is 39.8 Å². The first-order chi connectivity index (χ1) is 10.9. The SMILES string of the molecule is CC(C)(C)NC(=O)N[C@@H]1C[C@H]2CO[C@@H](c3ccccc3)CN2C1. The maximum absolute atomic E-state index is 12.0. The molecule has 2 amide bonds. The first kappa shape index (κ1) is 16.3. The van der Waals surface area contributed by atoms with Crippen molar-refractivity contribution in [1.29, 1.82) is 0 Å². The molecule has 0 aromatic heterocycles. The minimum Gasteiger partial charge on any atom is -0.371 e. The number of rotatable bonds is 2. The zero-order valence-corrected chi connectivity index (χ0v) is 14.2. The van der Waals surface area contributed by atoms with Gasteiger partial charge in [0.05, 0.1) is 12.7 Å². The van der Waals surface area contributed by atoms with E-state index in [4.69, 9.17) is 4.74 Å². The van der Waals surface area contributed by atoms with Crippen molar-refractivity contribution in [3.63, 3.8) is 0 Å². The highest BCUT2D eigenvalue weighted by Crippen LogP contribution is 2.30. The van der Waals surface area contributed by atoms with E-state index in [1.165, 1.54) is 5.56 Å². The number of nitrogens with zero attached hydrogens (tertiary/aromatic N) is 1. The molecule has 0 radical (unpaired) electrons. The maximum Gasteiger partial charge on any atom is 0.315 e. The van der Waals surface area contributed by atoms with E-state index in [9.17, 15) is 4.79 Å². The van der Waals surface area contributed by atoms with Crippen LogP contribution in [0.3, 0.4) is 0 Å². The van der Waals surface area contributed by atoms with Crippen LogP contribution < -0.4 is 10.6 Å². The Morgan fingerprint density at radius 2 is 1.96 bits per heavy atom. The molecule has 5 nitrogen and oxygen atoms in total. The predicted molar refractivity (Wildman–Crippen MR) is 90.3 cm³/mol. The Morgan fingerprint density at radius 1 is 1.22 bits per heavy atom. The van der Waals surface area contributed by atoms with Crippen molar-refractivity contribution in [2.45, 2.75) is 50.9 Å². The van der Waals surface area contributed by atoms with E-state index >= 15 is 0 Å². The standard InChI is InChI=1S/C18H27N3O2/c1-18(2,3)20-17(22)19-14-9-15-12-23-16(11-21(15)10-14)13-7-5-4-6-8-13/h4-8,14-16H,9-12H2,1-3H3,(H2,19,20,22)/t14-,15+,16-/m1/s1. The first-order valence-corrected chi connectivity index (χ1v) is 8.40. The number of carbonyl (C=O) groups is 1. The fourth-order valence-corrected chi connectivity index (χ4v) is 3.41. The average Bonchev–Trinajstić information content (AvgIpc) is 2.87. The molecule has 5 heteroatoms. The summed E-state index contributed by atoms with van der Waals surface area (Å²) >= 11 is 0. The Hall–Kier alpha value is -1.59. The van der Waals surface area contributed by atoms with Crippen LogP contribution in [-0.4, -0.2) is 48.3 Å². The van der Waals surface area contributed by atoms with Gasteiger partial charge in [-0.15, -0.1) is 0 Å². The lowest BCUT2D eigenvalue weighted by molar-refractivity contribution is -0.0502. The molecule has 0 saturated carbocycles. The lowest BCUT2D eigenvalue weighted by Gasteiger charge is -2.35. The van der Waals surface area contributed by atoms with Crippen LogP contribution in [0.2, 0.25) is 0 Å². The molecule has 0 unspecified atom stereocenters. The zero-order valence-electron chi connectivity index (χ0n) is 14.2. The number of hydrogen-bond donors (Lipinski definition) is 2. The third kappa shape index (κ3) is 4.24. The van der Waals surface area contributed by atoms with Crippen LogP contribution in [-0.2, 0) is 4.74 Å². The molecule has 1 aromatic rings. The van der Waals surface area contributed by atoms with Gasteiger partial charge in [-0.3, -0.25) is 4.90 Å². The largest absolute Gasteiger partial charge is 0.371 e. The third-order valence-electron chi connectivity index (χ3n) is 4.41. The number of morpholine rings is 1. The topological polar surface area (TPSA) is 53.6 Å². The highest BCUT2D eigenvalue weighted by Gasteiger charge is 2.38. The lowest BCUT2D eigenvalue weighted by atomic mass is 10.1.